The number of likely N-dealkylation sites (N-methyl/N-ethyl adjacent to an activating group) is 1. The van der Waals surface area contributed by atoms with E-state index in [-0.39, 0.29) is 29.1 Å². The second-order valence-electron chi connectivity index (χ2n) is 17.9. The van der Waals surface area contributed by atoms with Gasteiger partial charge in [-0.2, -0.15) is 9.97 Å². The van der Waals surface area contributed by atoms with E-state index >= 15 is 0 Å². The Morgan fingerprint density at radius 2 is 0.973 bits per heavy atom. The Kier molecular flexibility index (Phi) is 17.5. The minimum absolute atomic E-state index is 0.204. The highest BCUT2D eigenvalue weighted by Gasteiger charge is 2.20. The van der Waals surface area contributed by atoms with Crippen LogP contribution in [0.25, 0.3) is 0 Å². The molecule has 0 aliphatic carbocycles. The molecular weight excluding hydrogens is 932 g/mol. The average molecular weight is 993 g/mol. The zero-order chi connectivity index (χ0) is 51.8. The first kappa shape index (κ1) is 51.6. The third kappa shape index (κ3) is 14.2. The van der Waals surface area contributed by atoms with Crippen molar-refractivity contribution in [3.63, 3.8) is 0 Å². The van der Waals surface area contributed by atoms with Crippen molar-refractivity contribution in [2.45, 2.75) is 34.1 Å². The maximum atomic E-state index is 14.9. The molecule has 1 aliphatic rings. The summed E-state index contributed by atoms with van der Waals surface area (Å²) in [5.74, 6) is 0.448. The van der Waals surface area contributed by atoms with Crippen molar-refractivity contribution < 1.29 is 18.7 Å². The molecule has 1 aliphatic heterocycles. The van der Waals surface area contributed by atoms with Gasteiger partial charge in [-0.1, -0.05) is 91.0 Å². The number of rotatable bonds is 17. The van der Waals surface area contributed by atoms with E-state index in [1.807, 2.05) is 155 Å². The number of hydrogen-bond acceptors (Lipinski definition) is 13. The lowest BCUT2D eigenvalue weighted by Gasteiger charge is -2.32. The number of piperazine rings is 1. The summed E-state index contributed by atoms with van der Waals surface area (Å²) in [5, 5.41) is 18.7. The number of carbonyl (C=O) groups is 2. The number of amides is 2. The van der Waals surface area contributed by atoms with Crippen LogP contribution in [0, 0.1) is 33.5 Å². The molecule has 0 spiro atoms. The fraction of sp³-hybridized carbons (Fsp3) is 0.207. The summed E-state index contributed by atoms with van der Waals surface area (Å²) in [6.45, 7) is 13.4. The molecule has 0 atom stereocenters. The third-order valence-electron chi connectivity index (χ3n) is 12.3. The Bertz CT molecular complexity index is 3120. The summed E-state index contributed by atoms with van der Waals surface area (Å²) in [4.78, 5) is 49.1. The second kappa shape index (κ2) is 25.1. The molecule has 16 heteroatoms. The number of para-hydroxylation sites is 5. The lowest BCUT2D eigenvalue weighted by Crippen LogP contribution is -2.44. The predicted octanol–water partition coefficient (Wildman–Crippen LogP) is 11.8. The largest absolute Gasteiger partial charge is 0.490 e. The van der Waals surface area contributed by atoms with Crippen molar-refractivity contribution in [1.29, 1.82) is 0 Å². The van der Waals surface area contributed by atoms with Crippen LogP contribution in [0.15, 0.2) is 158 Å². The standard InChI is InChI=1S/C33H38FN7O2.C25H23N5O/c1-23-9-7-10-24(2)30(23)38-32(42)27-22-35-33(39-31(27)36-25-11-5-4-6-12-25)37-26-13-14-29(28(34)21-26)43-20-8-15-41-18-16-40(3)17-19-41;1-17-10-9-11-18(2)22(17)29-24(31)21-16-26-25(28-20-14-7-4-8-15-20)30-23(21)27-19-12-5-3-6-13-19/h4-7,9-14,21-22H,8,15-20H2,1-3H3,(H,38,42)(H2,35,36,37,39);3-16H,1-2H3,(H,29,31)(H2,26,27,28,30). The number of aryl methyl sites for hydroxylation is 4. The molecule has 9 rings (SSSR count). The minimum Gasteiger partial charge on any atom is -0.490 e. The van der Waals surface area contributed by atoms with Crippen LogP contribution in [0.5, 0.6) is 5.75 Å². The van der Waals surface area contributed by atoms with Gasteiger partial charge >= 0.3 is 0 Å². The highest BCUT2D eigenvalue weighted by atomic mass is 19.1. The van der Waals surface area contributed by atoms with Gasteiger partial charge in [-0.05, 0) is 112 Å². The molecule has 1 fully saturated rings. The highest BCUT2D eigenvalue weighted by molar-refractivity contribution is 6.09. The van der Waals surface area contributed by atoms with E-state index in [4.69, 9.17) is 4.74 Å². The van der Waals surface area contributed by atoms with Gasteiger partial charge in [-0.15, -0.1) is 0 Å². The van der Waals surface area contributed by atoms with E-state index < -0.39 is 5.82 Å². The summed E-state index contributed by atoms with van der Waals surface area (Å²) in [6, 6.07) is 45.1. The first-order chi connectivity index (χ1) is 35.9. The zero-order valence-corrected chi connectivity index (χ0v) is 42.2. The molecular formula is C58H61FN12O3. The zero-order valence-electron chi connectivity index (χ0n) is 42.2. The molecule has 378 valence electrons. The number of benzene rings is 6. The maximum absolute atomic E-state index is 14.9. The van der Waals surface area contributed by atoms with Crippen molar-refractivity contribution in [1.82, 2.24) is 29.7 Å². The monoisotopic (exact) mass is 992 g/mol. The predicted molar refractivity (Wildman–Crippen MR) is 295 cm³/mol. The third-order valence-corrected chi connectivity index (χ3v) is 12.3. The van der Waals surface area contributed by atoms with Crippen molar-refractivity contribution in [2.75, 3.05) is 78.3 Å². The van der Waals surface area contributed by atoms with Crippen LogP contribution in [0.2, 0.25) is 0 Å². The first-order valence-electron chi connectivity index (χ1n) is 24.5. The van der Waals surface area contributed by atoms with Crippen LogP contribution in [0.4, 0.5) is 62.0 Å². The number of aromatic nitrogens is 4. The molecule has 74 heavy (non-hydrogen) atoms. The van der Waals surface area contributed by atoms with Crippen molar-refractivity contribution >= 4 is 69.5 Å². The Labute approximate surface area is 431 Å². The van der Waals surface area contributed by atoms with Crippen LogP contribution >= 0.6 is 0 Å². The number of nitrogens with zero attached hydrogens (tertiary/aromatic N) is 6. The number of carbonyl (C=O) groups excluding carboxylic acids is 2. The smallest absolute Gasteiger partial charge is 0.261 e. The van der Waals surface area contributed by atoms with Crippen molar-refractivity contribution in [3.8, 4) is 5.75 Å². The summed E-state index contributed by atoms with van der Waals surface area (Å²) in [5.41, 5.74) is 8.96. The van der Waals surface area contributed by atoms with Crippen LogP contribution < -0.4 is 36.6 Å². The molecule has 0 saturated carbocycles. The molecule has 8 aromatic rings. The number of ether oxygens (including phenoxy) is 1. The Morgan fingerprint density at radius 1 is 0.541 bits per heavy atom. The molecule has 0 unspecified atom stereocenters. The topological polar surface area (TPSA) is 174 Å². The van der Waals surface area contributed by atoms with Crippen molar-refractivity contribution in [3.05, 3.63) is 197 Å². The molecule has 0 bridgehead atoms. The van der Waals surface area contributed by atoms with Crippen LogP contribution in [0.3, 0.4) is 0 Å². The van der Waals surface area contributed by atoms with Gasteiger partial charge in [0.1, 0.15) is 22.8 Å². The average Bonchev–Trinajstić information content (AvgIpc) is 3.40. The van der Waals surface area contributed by atoms with Gasteiger partial charge in [0.2, 0.25) is 11.9 Å². The van der Waals surface area contributed by atoms with E-state index in [1.54, 1.807) is 12.1 Å². The first-order valence-corrected chi connectivity index (χ1v) is 24.5. The summed E-state index contributed by atoms with van der Waals surface area (Å²) >= 11 is 0. The summed E-state index contributed by atoms with van der Waals surface area (Å²) < 4.78 is 20.6. The molecule has 2 amide bonds. The van der Waals surface area contributed by atoms with Gasteiger partial charge in [-0.25, -0.2) is 14.4 Å². The van der Waals surface area contributed by atoms with Crippen LogP contribution in [0.1, 0.15) is 49.4 Å². The minimum atomic E-state index is -0.475. The molecule has 0 radical (unpaired) electrons. The van der Waals surface area contributed by atoms with Gasteiger partial charge in [0.05, 0.1) is 6.61 Å². The SMILES string of the molecule is Cc1cccc(C)c1NC(=O)c1cnc(Nc2ccc(OCCCN3CCN(C)CC3)c(F)c2)nc1Nc1ccccc1.Cc1cccc(C)c1NC(=O)c1cnc(Nc2ccccc2)nc1Nc1ccccc1. The fourth-order valence-corrected chi connectivity index (χ4v) is 8.13. The number of halogens is 1. The van der Waals surface area contributed by atoms with Crippen LogP contribution in [-0.2, 0) is 0 Å². The highest BCUT2D eigenvalue weighted by Crippen LogP contribution is 2.29. The number of anilines is 10. The molecule has 1 saturated heterocycles. The van der Waals surface area contributed by atoms with E-state index in [9.17, 15) is 14.0 Å². The fourth-order valence-electron chi connectivity index (χ4n) is 8.13. The summed E-state index contributed by atoms with van der Waals surface area (Å²) in [7, 11) is 2.14. The van der Waals surface area contributed by atoms with Gasteiger partial charge in [0.25, 0.3) is 11.8 Å². The Morgan fingerprint density at radius 3 is 1.42 bits per heavy atom. The summed E-state index contributed by atoms with van der Waals surface area (Å²) in [6.07, 6.45) is 3.82. The van der Waals surface area contributed by atoms with Gasteiger partial charge in [-0.3, -0.25) is 9.59 Å². The van der Waals surface area contributed by atoms with E-state index in [2.05, 4.69) is 68.7 Å². The Balaban J connectivity index is 0.000000208. The molecule has 3 heterocycles. The molecule has 15 nitrogen and oxygen atoms in total. The lowest BCUT2D eigenvalue weighted by molar-refractivity contribution is 0.101. The van der Waals surface area contributed by atoms with Gasteiger partial charge in [0, 0.05) is 85.3 Å². The van der Waals surface area contributed by atoms with Crippen LogP contribution in [-0.4, -0.2) is 87.9 Å². The second-order valence-corrected chi connectivity index (χ2v) is 17.9. The molecule has 2 aromatic heterocycles. The number of nitrogens with one attached hydrogen (secondary N) is 6. The van der Waals surface area contributed by atoms with E-state index in [0.29, 0.717) is 35.4 Å². The molecule has 6 aromatic carbocycles. The lowest BCUT2D eigenvalue weighted by atomic mass is 10.1. The maximum Gasteiger partial charge on any atom is 0.261 e. The van der Waals surface area contributed by atoms with Gasteiger partial charge < -0.3 is 46.4 Å². The normalized spacial score (nSPS) is 12.4. The van der Waals surface area contributed by atoms with E-state index in [1.165, 1.54) is 18.5 Å². The van der Waals surface area contributed by atoms with Gasteiger partial charge in [0.15, 0.2) is 11.6 Å². The quantitative estimate of drug-likeness (QED) is 0.0476. The Hall–Kier alpha value is -8.73. The molecule has 6 N–H and O–H groups in total. The van der Waals surface area contributed by atoms with E-state index in [0.717, 1.165) is 89.8 Å². The number of hydrogen-bond donors (Lipinski definition) is 6. The van der Waals surface area contributed by atoms with Crippen molar-refractivity contribution in [2.24, 2.45) is 0 Å².